The van der Waals surface area contributed by atoms with Gasteiger partial charge in [0.1, 0.15) is 0 Å². The van der Waals surface area contributed by atoms with Gasteiger partial charge in [0, 0.05) is 37.1 Å². The van der Waals surface area contributed by atoms with Crippen LogP contribution in [-0.4, -0.2) is 43.9 Å². The van der Waals surface area contributed by atoms with Crippen LogP contribution in [-0.2, 0) is 6.54 Å². The molecule has 8 heteroatoms. The second kappa shape index (κ2) is 7.87. The van der Waals surface area contributed by atoms with Gasteiger partial charge in [0.05, 0.1) is 11.9 Å². The van der Waals surface area contributed by atoms with Crippen molar-refractivity contribution >= 4 is 17.5 Å². The molecule has 0 radical (unpaired) electrons. The van der Waals surface area contributed by atoms with Crippen molar-refractivity contribution in [1.82, 2.24) is 24.9 Å². The van der Waals surface area contributed by atoms with Gasteiger partial charge in [0.15, 0.2) is 5.69 Å². The number of pyridine rings is 1. The van der Waals surface area contributed by atoms with E-state index >= 15 is 0 Å². The van der Waals surface area contributed by atoms with Crippen molar-refractivity contribution in [2.45, 2.75) is 6.54 Å². The highest BCUT2D eigenvalue weighted by molar-refractivity contribution is 6.31. The fourth-order valence-corrected chi connectivity index (χ4v) is 2.58. The van der Waals surface area contributed by atoms with Gasteiger partial charge in [-0.1, -0.05) is 35.0 Å². The van der Waals surface area contributed by atoms with E-state index in [9.17, 15) is 4.79 Å². The molecule has 0 aliphatic carbocycles. The Labute approximate surface area is 150 Å². The molecule has 0 spiro atoms. The Morgan fingerprint density at radius 3 is 2.68 bits per heavy atom. The van der Waals surface area contributed by atoms with Gasteiger partial charge < -0.3 is 10.6 Å². The number of amides is 1. The number of carbonyl (C=O) groups excluding carboxylic acids is 1. The molecule has 25 heavy (non-hydrogen) atoms. The molecule has 0 saturated carbocycles. The van der Waals surface area contributed by atoms with Crippen molar-refractivity contribution in [2.24, 2.45) is 5.73 Å². The lowest BCUT2D eigenvalue weighted by molar-refractivity contribution is 0.0742. The van der Waals surface area contributed by atoms with E-state index in [4.69, 9.17) is 17.3 Å². The number of hydrogen-bond acceptors (Lipinski definition) is 5. The summed E-state index contributed by atoms with van der Waals surface area (Å²) in [6.45, 7) is 1.10. The van der Waals surface area contributed by atoms with Crippen LogP contribution < -0.4 is 5.73 Å². The van der Waals surface area contributed by atoms with Gasteiger partial charge in [-0.05, 0) is 23.8 Å². The van der Waals surface area contributed by atoms with Gasteiger partial charge in [-0.25, -0.2) is 4.68 Å². The average Bonchev–Trinajstić information content (AvgIpc) is 3.13. The summed E-state index contributed by atoms with van der Waals surface area (Å²) in [4.78, 5) is 18.4. The van der Waals surface area contributed by atoms with Crippen LogP contribution in [0.3, 0.4) is 0 Å². The van der Waals surface area contributed by atoms with Crippen molar-refractivity contribution in [3.8, 4) is 5.69 Å². The third-order valence-electron chi connectivity index (χ3n) is 3.65. The molecule has 2 heterocycles. The van der Waals surface area contributed by atoms with E-state index in [0.717, 1.165) is 11.3 Å². The number of rotatable bonds is 6. The Balaban J connectivity index is 1.81. The number of hydrogen-bond donors (Lipinski definition) is 1. The standard InChI is InChI=1S/C17H17ClN6O/c18-15-4-2-1-3-13(15)11-23(10-7-19)17(25)16-12-24(22-21-16)14-5-8-20-9-6-14/h1-6,8-9,12H,7,10-11,19H2. The summed E-state index contributed by atoms with van der Waals surface area (Å²) in [5.74, 6) is -0.245. The Morgan fingerprint density at radius 1 is 1.20 bits per heavy atom. The summed E-state index contributed by atoms with van der Waals surface area (Å²) in [6, 6.07) is 11.0. The second-order valence-electron chi connectivity index (χ2n) is 5.36. The Bertz CT molecular complexity index is 851. The van der Waals surface area contributed by atoms with E-state index in [2.05, 4.69) is 15.3 Å². The first-order valence-electron chi connectivity index (χ1n) is 7.74. The number of nitrogens with zero attached hydrogens (tertiary/aromatic N) is 5. The minimum absolute atomic E-state index is 0.245. The number of nitrogens with two attached hydrogens (primary N) is 1. The monoisotopic (exact) mass is 356 g/mol. The van der Waals surface area contributed by atoms with E-state index in [0.29, 0.717) is 24.7 Å². The van der Waals surface area contributed by atoms with Gasteiger partial charge >= 0.3 is 0 Å². The van der Waals surface area contributed by atoms with Crippen LogP contribution in [0, 0.1) is 0 Å². The van der Waals surface area contributed by atoms with Gasteiger partial charge in [-0.2, -0.15) is 0 Å². The molecule has 0 unspecified atom stereocenters. The summed E-state index contributed by atoms with van der Waals surface area (Å²) in [5, 5.41) is 8.60. The summed E-state index contributed by atoms with van der Waals surface area (Å²) >= 11 is 6.20. The SMILES string of the molecule is NCCN(Cc1ccccc1Cl)C(=O)c1cn(-c2ccncc2)nn1. The lowest BCUT2D eigenvalue weighted by atomic mass is 10.2. The molecular weight excluding hydrogens is 340 g/mol. The number of halogens is 1. The zero-order chi connectivity index (χ0) is 17.6. The third kappa shape index (κ3) is 4.01. The molecule has 0 atom stereocenters. The number of carbonyl (C=O) groups is 1. The molecule has 2 aromatic heterocycles. The first-order valence-corrected chi connectivity index (χ1v) is 8.12. The number of benzene rings is 1. The first-order chi connectivity index (χ1) is 12.2. The van der Waals surface area contributed by atoms with Gasteiger partial charge in [-0.3, -0.25) is 9.78 Å². The highest BCUT2D eigenvalue weighted by atomic mass is 35.5. The summed E-state index contributed by atoms with van der Waals surface area (Å²) < 4.78 is 1.53. The minimum atomic E-state index is -0.245. The normalized spacial score (nSPS) is 10.6. The zero-order valence-electron chi connectivity index (χ0n) is 13.4. The van der Waals surface area contributed by atoms with Crippen molar-refractivity contribution in [1.29, 1.82) is 0 Å². The first kappa shape index (κ1) is 17.1. The summed E-state index contributed by atoms with van der Waals surface area (Å²) in [6.07, 6.45) is 4.89. The molecule has 7 nitrogen and oxygen atoms in total. The second-order valence-corrected chi connectivity index (χ2v) is 5.77. The van der Waals surface area contributed by atoms with Crippen LogP contribution in [0.5, 0.6) is 0 Å². The fraction of sp³-hybridized carbons (Fsp3) is 0.176. The minimum Gasteiger partial charge on any atom is -0.332 e. The lowest BCUT2D eigenvalue weighted by Gasteiger charge is -2.21. The molecule has 2 N–H and O–H groups in total. The van der Waals surface area contributed by atoms with Crippen molar-refractivity contribution in [3.63, 3.8) is 0 Å². The van der Waals surface area contributed by atoms with E-state index in [1.807, 2.05) is 18.2 Å². The Kier molecular flexibility index (Phi) is 5.37. The van der Waals surface area contributed by atoms with Gasteiger partial charge in [0.25, 0.3) is 5.91 Å². The molecule has 1 aromatic carbocycles. The predicted octanol–water partition coefficient (Wildman–Crippen LogP) is 1.92. The van der Waals surface area contributed by atoms with Crippen LogP contribution in [0.15, 0.2) is 55.0 Å². The highest BCUT2D eigenvalue weighted by Crippen LogP contribution is 2.18. The molecule has 128 valence electrons. The largest absolute Gasteiger partial charge is 0.332 e. The molecular formula is C17H17ClN6O. The molecule has 0 aliphatic heterocycles. The number of aromatic nitrogens is 4. The van der Waals surface area contributed by atoms with E-state index in [1.165, 1.54) is 4.68 Å². The van der Waals surface area contributed by atoms with Crippen LogP contribution in [0.1, 0.15) is 16.1 Å². The Morgan fingerprint density at radius 2 is 1.96 bits per heavy atom. The highest BCUT2D eigenvalue weighted by Gasteiger charge is 2.20. The predicted molar refractivity (Wildman–Crippen MR) is 94.4 cm³/mol. The summed E-state index contributed by atoms with van der Waals surface area (Å²) in [5.41, 5.74) is 7.54. The van der Waals surface area contributed by atoms with E-state index in [1.54, 1.807) is 41.7 Å². The van der Waals surface area contributed by atoms with Gasteiger partial charge in [-0.15, -0.1) is 5.10 Å². The summed E-state index contributed by atoms with van der Waals surface area (Å²) in [7, 11) is 0. The maximum absolute atomic E-state index is 12.8. The maximum Gasteiger partial charge on any atom is 0.276 e. The smallest absolute Gasteiger partial charge is 0.276 e. The van der Waals surface area contributed by atoms with E-state index in [-0.39, 0.29) is 11.6 Å². The Hall–Kier alpha value is -2.77. The van der Waals surface area contributed by atoms with Crippen LogP contribution in [0.4, 0.5) is 0 Å². The van der Waals surface area contributed by atoms with Crippen LogP contribution >= 0.6 is 11.6 Å². The molecule has 3 rings (SSSR count). The quantitative estimate of drug-likeness (QED) is 0.728. The van der Waals surface area contributed by atoms with Crippen molar-refractivity contribution in [2.75, 3.05) is 13.1 Å². The molecule has 0 bridgehead atoms. The van der Waals surface area contributed by atoms with E-state index < -0.39 is 0 Å². The lowest BCUT2D eigenvalue weighted by Crippen LogP contribution is -2.35. The van der Waals surface area contributed by atoms with Crippen LogP contribution in [0.25, 0.3) is 5.69 Å². The van der Waals surface area contributed by atoms with Crippen LogP contribution in [0.2, 0.25) is 5.02 Å². The zero-order valence-corrected chi connectivity index (χ0v) is 14.2. The molecule has 3 aromatic rings. The third-order valence-corrected chi connectivity index (χ3v) is 4.01. The molecule has 0 fully saturated rings. The van der Waals surface area contributed by atoms with Crippen molar-refractivity contribution < 1.29 is 4.79 Å². The van der Waals surface area contributed by atoms with Crippen molar-refractivity contribution in [3.05, 3.63) is 71.3 Å². The maximum atomic E-state index is 12.8. The fourth-order valence-electron chi connectivity index (χ4n) is 2.39. The molecule has 1 amide bonds. The topological polar surface area (TPSA) is 89.9 Å². The average molecular weight is 357 g/mol. The molecule has 0 aliphatic rings. The van der Waals surface area contributed by atoms with Gasteiger partial charge in [0.2, 0.25) is 0 Å². The molecule has 0 saturated heterocycles.